The molecule has 5 heteroatoms. The summed E-state index contributed by atoms with van der Waals surface area (Å²) >= 11 is 0. The highest BCUT2D eigenvalue weighted by atomic mass is 16.5. The lowest BCUT2D eigenvalue weighted by molar-refractivity contribution is -0.143. The minimum atomic E-state index is -0.224. The van der Waals surface area contributed by atoms with Crippen molar-refractivity contribution in [3.63, 3.8) is 0 Å². The van der Waals surface area contributed by atoms with E-state index < -0.39 is 0 Å². The number of carbonyl (C=O) groups excluding carboxylic acids is 2. The van der Waals surface area contributed by atoms with Crippen molar-refractivity contribution in [1.82, 2.24) is 0 Å². The Morgan fingerprint density at radius 1 is 1.44 bits per heavy atom. The lowest BCUT2D eigenvalue weighted by Gasteiger charge is -2.09. The van der Waals surface area contributed by atoms with E-state index in [1.807, 2.05) is 6.07 Å². The minimum absolute atomic E-state index is 0.224. The van der Waals surface area contributed by atoms with Crippen molar-refractivity contribution in [2.45, 2.75) is 19.8 Å². The third kappa shape index (κ3) is 4.08. The fourth-order valence-corrected chi connectivity index (χ4v) is 1.57. The molecule has 0 aliphatic heterocycles. The summed E-state index contributed by atoms with van der Waals surface area (Å²) < 4.78 is 9.95. The van der Waals surface area contributed by atoms with Crippen molar-refractivity contribution in [2.24, 2.45) is 0 Å². The van der Waals surface area contributed by atoms with Crippen molar-refractivity contribution in [1.29, 1.82) is 0 Å². The van der Waals surface area contributed by atoms with E-state index in [1.165, 1.54) is 7.11 Å². The number of methoxy groups -OCH3 is 1. The van der Waals surface area contributed by atoms with Crippen LogP contribution in [0.1, 0.15) is 18.9 Å². The van der Waals surface area contributed by atoms with E-state index >= 15 is 0 Å². The van der Waals surface area contributed by atoms with E-state index in [9.17, 15) is 9.59 Å². The molecule has 0 bridgehead atoms. The number of hydrogen-bond donors (Lipinski definition) is 1. The smallest absolute Gasteiger partial charge is 0.306 e. The van der Waals surface area contributed by atoms with Crippen LogP contribution in [0.3, 0.4) is 0 Å². The van der Waals surface area contributed by atoms with Gasteiger partial charge in [0.25, 0.3) is 0 Å². The summed E-state index contributed by atoms with van der Waals surface area (Å²) in [4.78, 5) is 21.7. The van der Waals surface area contributed by atoms with Crippen LogP contribution in [-0.2, 0) is 20.7 Å². The van der Waals surface area contributed by atoms with Crippen LogP contribution in [0.5, 0.6) is 5.75 Å². The molecule has 1 aromatic carbocycles. The number of anilines is 1. The maximum atomic E-state index is 11.2. The Hall–Kier alpha value is -2.04. The zero-order chi connectivity index (χ0) is 13.4. The molecule has 98 valence electrons. The Balaban J connectivity index is 2.69. The molecule has 1 rings (SSSR count). The molecule has 0 saturated heterocycles. The first kappa shape index (κ1) is 14.0. The van der Waals surface area contributed by atoms with E-state index in [0.717, 1.165) is 5.56 Å². The molecule has 0 aliphatic rings. The molecular weight excluding hydrogens is 234 g/mol. The number of esters is 1. The van der Waals surface area contributed by atoms with Crippen molar-refractivity contribution in [2.75, 3.05) is 19.0 Å². The lowest BCUT2D eigenvalue weighted by Crippen LogP contribution is -2.05. The molecule has 0 atom stereocenters. The highest BCUT2D eigenvalue weighted by Crippen LogP contribution is 2.25. The third-order valence-corrected chi connectivity index (χ3v) is 2.40. The first-order chi connectivity index (χ1) is 8.71. The first-order valence-electron chi connectivity index (χ1n) is 5.74. The normalized spacial score (nSPS) is 9.67. The van der Waals surface area contributed by atoms with Gasteiger partial charge >= 0.3 is 5.97 Å². The van der Waals surface area contributed by atoms with E-state index in [0.29, 0.717) is 37.3 Å². The molecule has 1 amide bonds. The van der Waals surface area contributed by atoms with Crippen LogP contribution in [0.25, 0.3) is 0 Å². The summed E-state index contributed by atoms with van der Waals surface area (Å²) in [6.07, 6.45) is 1.48. The summed E-state index contributed by atoms with van der Waals surface area (Å²) in [6.45, 7) is 2.16. The van der Waals surface area contributed by atoms with Crippen LogP contribution in [-0.4, -0.2) is 26.1 Å². The molecule has 0 aromatic heterocycles. The van der Waals surface area contributed by atoms with Crippen LogP contribution in [0, 0.1) is 0 Å². The van der Waals surface area contributed by atoms with Gasteiger partial charge in [0, 0.05) is 6.42 Å². The maximum absolute atomic E-state index is 11.2. The van der Waals surface area contributed by atoms with Gasteiger partial charge in [-0.05, 0) is 31.0 Å². The summed E-state index contributed by atoms with van der Waals surface area (Å²) in [6, 6.07) is 5.40. The molecular formula is C13H17NO4. The van der Waals surface area contributed by atoms with Crippen molar-refractivity contribution in [3.8, 4) is 5.75 Å². The number of benzene rings is 1. The standard InChI is InChI=1S/C13H17NO4/c1-3-18-13(16)7-5-10-4-6-12(17-2)11(8-10)14-9-15/h4,6,8-9H,3,5,7H2,1-2H3,(H,14,15). The molecule has 5 nitrogen and oxygen atoms in total. The van der Waals surface area contributed by atoms with E-state index in [1.54, 1.807) is 19.1 Å². The number of ether oxygens (including phenoxy) is 2. The summed E-state index contributed by atoms with van der Waals surface area (Å²) in [7, 11) is 1.53. The van der Waals surface area contributed by atoms with Gasteiger partial charge in [0.15, 0.2) is 0 Å². The molecule has 0 radical (unpaired) electrons. The largest absolute Gasteiger partial charge is 0.495 e. The second kappa shape index (κ2) is 7.32. The predicted molar refractivity (Wildman–Crippen MR) is 67.6 cm³/mol. The highest BCUT2D eigenvalue weighted by Gasteiger charge is 2.06. The van der Waals surface area contributed by atoms with Crippen LogP contribution >= 0.6 is 0 Å². The molecule has 1 aromatic rings. The van der Waals surface area contributed by atoms with Gasteiger partial charge in [0.05, 0.1) is 19.4 Å². The summed E-state index contributed by atoms with van der Waals surface area (Å²) in [5.41, 5.74) is 1.53. The van der Waals surface area contributed by atoms with Gasteiger partial charge in [-0.25, -0.2) is 0 Å². The van der Waals surface area contributed by atoms with Gasteiger partial charge in [0.2, 0.25) is 6.41 Å². The average Bonchev–Trinajstić information content (AvgIpc) is 2.37. The second-order valence-electron chi connectivity index (χ2n) is 3.60. The molecule has 0 fully saturated rings. The first-order valence-corrected chi connectivity index (χ1v) is 5.74. The van der Waals surface area contributed by atoms with Gasteiger partial charge in [-0.15, -0.1) is 0 Å². The Labute approximate surface area is 106 Å². The lowest BCUT2D eigenvalue weighted by atomic mass is 10.1. The van der Waals surface area contributed by atoms with Crippen molar-refractivity contribution >= 4 is 18.1 Å². The highest BCUT2D eigenvalue weighted by molar-refractivity contribution is 5.76. The van der Waals surface area contributed by atoms with Gasteiger partial charge in [-0.1, -0.05) is 6.07 Å². The molecule has 0 spiro atoms. The van der Waals surface area contributed by atoms with Crippen LogP contribution in [0.2, 0.25) is 0 Å². The SMILES string of the molecule is CCOC(=O)CCc1ccc(OC)c(NC=O)c1. The molecule has 0 aliphatic carbocycles. The molecule has 18 heavy (non-hydrogen) atoms. The number of hydrogen-bond acceptors (Lipinski definition) is 4. The number of aryl methyl sites for hydroxylation is 1. The van der Waals surface area contributed by atoms with E-state index in [-0.39, 0.29) is 5.97 Å². The van der Waals surface area contributed by atoms with Gasteiger partial charge in [-0.3, -0.25) is 9.59 Å². The van der Waals surface area contributed by atoms with E-state index in [4.69, 9.17) is 9.47 Å². The predicted octanol–water partition coefficient (Wildman–Crippen LogP) is 1.76. The zero-order valence-corrected chi connectivity index (χ0v) is 10.6. The monoisotopic (exact) mass is 251 g/mol. The molecule has 0 unspecified atom stereocenters. The topological polar surface area (TPSA) is 64.6 Å². The van der Waals surface area contributed by atoms with Crippen LogP contribution in [0.15, 0.2) is 18.2 Å². The number of nitrogens with one attached hydrogen (secondary N) is 1. The zero-order valence-electron chi connectivity index (χ0n) is 10.6. The van der Waals surface area contributed by atoms with Gasteiger partial charge in [-0.2, -0.15) is 0 Å². The third-order valence-electron chi connectivity index (χ3n) is 2.40. The van der Waals surface area contributed by atoms with Crippen molar-refractivity contribution in [3.05, 3.63) is 23.8 Å². The number of rotatable bonds is 7. The van der Waals surface area contributed by atoms with Crippen LogP contribution in [0.4, 0.5) is 5.69 Å². The molecule has 1 N–H and O–H groups in total. The number of amides is 1. The van der Waals surface area contributed by atoms with Crippen LogP contribution < -0.4 is 10.1 Å². The Bertz CT molecular complexity index is 417. The Morgan fingerprint density at radius 2 is 2.22 bits per heavy atom. The number of carbonyl (C=O) groups is 2. The summed E-state index contributed by atoms with van der Waals surface area (Å²) in [5.74, 6) is 0.361. The Morgan fingerprint density at radius 3 is 2.83 bits per heavy atom. The Kier molecular flexibility index (Phi) is 5.70. The molecule has 0 saturated carbocycles. The van der Waals surface area contributed by atoms with Crippen molar-refractivity contribution < 1.29 is 19.1 Å². The second-order valence-corrected chi connectivity index (χ2v) is 3.60. The van der Waals surface area contributed by atoms with E-state index in [2.05, 4.69) is 5.32 Å². The minimum Gasteiger partial charge on any atom is -0.495 e. The quantitative estimate of drug-likeness (QED) is 0.592. The van der Waals surface area contributed by atoms with Gasteiger partial charge in [0.1, 0.15) is 5.75 Å². The fraction of sp³-hybridized carbons (Fsp3) is 0.385. The molecule has 0 heterocycles. The maximum Gasteiger partial charge on any atom is 0.306 e. The fourth-order valence-electron chi connectivity index (χ4n) is 1.57. The van der Waals surface area contributed by atoms with Gasteiger partial charge < -0.3 is 14.8 Å². The average molecular weight is 251 g/mol. The summed E-state index contributed by atoms with van der Waals surface area (Å²) in [5, 5.41) is 2.56.